The second kappa shape index (κ2) is 8.52. The number of amides is 1. The lowest BCUT2D eigenvalue weighted by Gasteiger charge is -2.17. The molecule has 0 heterocycles. The van der Waals surface area contributed by atoms with Gasteiger partial charge in [-0.2, -0.15) is 0 Å². The van der Waals surface area contributed by atoms with Crippen molar-refractivity contribution in [3.05, 3.63) is 47.5 Å². The third-order valence-electron chi connectivity index (χ3n) is 4.11. The Morgan fingerprint density at radius 2 is 2.00 bits per heavy atom. The summed E-state index contributed by atoms with van der Waals surface area (Å²) in [7, 11) is 0. The second-order valence-corrected chi connectivity index (χ2v) is 6.45. The summed E-state index contributed by atoms with van der Waals surface area (Å²) in [4.78, 5) is 16.6. The normalized spacial score (nSPS) is 17.2. The van der Waals surface area contributed by atoms with Crippen LogP contribution in [0.1, 0.15) is 47.0 Å². The maximum Gasteiger partial charge on any atom is 0.251 e. The number of allylic oxidation sites excluding steroid dienone is 2. The minimum absolute atomic E-state index is 0.0747. The van der Waals surface area contributed by atoms with Gasteiger partial charge in [-0.3, -0.25) is 9.79 Å². The fraction of sp³-hybridized carbons (Fsp3) is 0.474. The van der Waals surface area contributed by atoms with E-state index in [4.69, 9.17) is 5.73 Å². The largest absolute Gasteiger partial charge is 0.385 e. The molecule has 0 radical (unpaired) electrons. The molecular formula is C19H30N4O. The monoisotopic (exact) mass is 330 g/mol. The minimum Gasteiger partial charge on any atom is -0.385 e. The highest BCUT2D eigenvalue weighted by Crippen LogP contribution is 2.35. The number of aliphatic imine (C=N–C) groups is 1. The molecule has 5 nitrogen and oxygen atoms in total. The van der Waals surface area contributed by atoms with Crippen molar-refractivity contribution < 1.29 is 4.79 Å². The first kappa shape index (κ1) is 19.7. The van der Waals surface area contributed by atoms with E-state index >= 15 is 0 Å². The number of carbonyl (C=O) groups excluding carboxylic acids is 1. The first-order chi connectivity index (χ1) is 11.2. The molecule has 0 saturated heterocycles. The Labute approximate surface area is 145 Å². The Balaban J connectivity index is 2.63. The summed E-state index contributed by atoms with van der Waals surface area (Å²) in [6, 6.07) is 0. The van der Waals surface area contributed by atoms with Crippen LogP contribution in [0.2, 0.25) is 0 Å². The molecule has 24 heavy (non-hydrogen) atoms. The molecule has 1 saturated carbocycles. The Hall–Kier alpha value is -2.30. The lowest BCUT2D eigenvalue weighted by molar-refractivity contribution is -0.117. The van der Waals surface area contributed by atoms with Gasteiger partial charge in [-0.1, -0.05) is 26.2 Å². The quantitative estimate of drug-likeness (QED) is 0.345. The van der Waals surface area contributed by atoms with Gasteiger partial charge in [0.15, 0.2) is 0 Å². The number of nitrogens with one attached hydrogen (secondary N) is 2. The summed E-state index contributed by atoms with van der Waals surface area (Å²) in [5, 5.41) is 6.11. The van der Waals surface area contributed by atoms with Gasteiger partial charge in [0, 0.05) is 22.9 Å². The molecule has 1 aliphatic carbocycles. The van der Waals surface area contributed by atoms with E-state index in [2.05, 4.69) is 35.7 Å². The van der Waals surface area contributed by atoms with Crippen LogP contribution in [-0.2, 0) is 4.79 Å². The summed E-state index contributed by atoms with van der Waals surface area (Å²) >= 11 is 0. The van der Waals surface area contributed by atoms with Crippen molar-refractivity contribution in [3.8, 4) is 0 Å². The zero-order chi connectivity index (χ0) is 18.3. The molecule has 1 aliphatic rings. The van der Waals surface area contributed by atoms with Gasteiger partial charge in [0.05, 0.1) is 12.2 Å². The molecule has 0 spiro atoms. The topological polar surface area (TPSA) is 79.5 Å². The van der Waals surface area contributed by atoms with Gasteiger partial charge in [0.2, 0.25) is 0 Å². The Bertz CT molecular complexity index is 607. The number of hydrogen-bond donors (Lipinski definition) is 3. The maximum absolute atomic E-state index is 12.4. The number of rotatable bonds is 9. The highest BCUT2D eigenvalue weighted by molar-refractivity contribution is 5.97. The van der Waals surface area contributed by atoms with Crippen LogP contribution in [0.3, 0.4) is 0 Å². The summed E-state index contributed by atoms with van der Waals surface area (Å²) < 4.78 is 0. The molecule has 0 aromatic rings. The van der Waals surface area contributed by atoms with Crippen molar-refractivity contribution in [2.75, 3.05) is 6.54 Å². The Morgan fingerprint density at radius 1 is 1.38 bits per heavy atom. The first-order valence-electron chi connectivity index (χ1n) is 8.31. The first-order valence-corrected chi connectivity index (χ1v) is 8.31. The van der Waals surface area contributed by atoms with Crippen LogP contribution in [0.5, 0.6) is 0 Å². The van der Waals surface area contributed by atoms with E-state index in [9.17, 15) is 4.79 Å². The standard InChI is InChI=1S/C19H30N4O/c1-7-13(3)11-21-14(4)12-22-18(24)16(8-2)15(5)17(20)23-19(6)9-10-19/h8,11,23H,3-4,7,9-10,12,20H2,1-2,5-6H3,(H,22,24)/b16-8-,17-15-,21-11?. The van der Waals surface area contributed by atoms with Gasteiger partial charge in [0.25, 0.3) is 5.91 Å². The van der Waals surface area contributed by atoms with Crippen molar-refractivity contribution >= 4 is 12.1 Å². The molecule has 0 aromatic heterocycles. The molecule has 1 rings (SSSR count). The summed E-state index contributed by atoms with van der Waals surface area (Å²) in [6.45, 7) is 15.8. The second-order valence-electron chi connectivity index (χ2n) is 6.45. The molecule has 0 aromatic carbocycles. The van der Waals surface area contributed by atoms with E-state index in [0.717, 1.165) is 30.4 Å². The van der Waals surface area contributed by atoms with Gasteiger partial charge >= 0.3 is 0 Å². The van der Waals surface area contributed by atoms with Crippen LogP contribution in [-0.4, -0.2) is 24.2 Å². The number of hydrogen-bond acceptors (Lipinski definition) is 4. The fourth-order valence-electron chi connectivity index (χ4n) is 1.99. The molecular weight excluding hydrogens is 300 g/mol. The van der Waals surface area contributed by atoms with Crippen molar-refractivity contribution in [3.63, 3.8) is 0 Å². The molecule has 5 heteroatoms. The summed E-state index contributed by atoms with van der Waals surface area (Å²) in [5.74, 6) is 0.362. The number of nitrogens with zero attached hydrogens (tertiary/aromatic N) is 1. The van der Waals surface area contributed by atoms with E-state index in [-0.39, 0.29) is 18.0 Å². The predicted molar refractivity (Wildman–Crippen MR) is 101 cm³/mol. The number of carbonyl (C=O) groups is 1. The highest BCUT2D eigenvalue weighted by Gasteiger charge is 2.37. The lowest BCUT2D eigenvalue weighted by Crippen LogP contribution is -2.34. The van der Waals surface area contributed by atoms with Gasteiger partial charge in [-0.05, 0) is 45.6 Å². The average Bonchev–Trinajstić information content (AvgIpc) is 3.27. The summed E-state index contributed by atoms with van der Waals surface area (Å²) in [5.41, 5.74) is 8.98. The van der Waals surface area contributed by atoms with Crippen molar-refractivity contribution in [2.24, 2.45) is 10.7 Å². The van der Waals surface area contributed by atoms with E-state index in [1.165, 1.54) is 0 Å². The molecule has 0 atom stereocenters. The molecule has 0 unspecified atom stereocenters. The van der Waals surface area contributed by atoms with Gasteiger partial charge in [-0.15, -0.1) is 0 Å². The van der Waals surface area contributed by atoms with Crippen molar-refractivity contribution in [1.82, 2.24) is 10.6 Å². The fourth-order valence-corrected chi connectivity index (χ4v) is 1.99. The number of nitrogens with two attached hydrogens (primary N) is 1. The molecule has 0 aliphatic heterocycles. The van der Waals surface area contributed by atoms with Gasteiger partial charge < -0.3 is 16.4 Å². The molecule has 4 N–H and O–H groups in total. The lowest BCUT2D eigenvalue weighted by atomic mass is 10.1. The van der Waals surface area contributed by atoms with Crippen LogP contribution in [0, 0.1) is 0 Å². The molecule has 132 valence electrons. The Kier molecular flexibility index (Phi) is 7.01. The molecule has 0 bridgehead atoms. The van der Waals surface area contributed by atoms with Gasteiger partial charge in [0.1, 0.15) is 5.82 Å². The summed E-state index contributed by atoms with van der Waals surface area (Å²) in [6.07, 6.45) is 6.47. The van der Waals surface area contributed by atoms with Gasteiger partial charge in [-0.25, -0.2) is 0 Å². The minimum atomic E-state index is -0.189. The van der Waals surface area contributed by atoms with E-state index in [0.29, 0.717) is 17.1 Å². The predicted octanol–water partition coefficient (Wildman–Crippen LogP) is 2.93. The van der Waals surface area contributed by atoms with Crippen LogP contribution in [0.4, 0.5) is 0 Å². The highest BCUT2D eigenvalue weighted by atomic mass is 16.1. The van der Waals surface area contributed by atoms with Crippen LogP contribution >= 0.6 is 0 Å². The smallest absolute Gasteiger partial charge is 0.251 e. The third-order valence-corrected chi connectivity index (χ3v) is 4.11. The molecule has 1 fully saturated rings. The van der Waals surface area contributed by atoms with Crippen molar-refractivity contribution in [2.45, 2.75) is 52.5 Å². The zero-order valence-electron chi connectivity index (χ0n) is 15.3. The van der Waals surface area contributed by atoms with Crippen LogP contribution in [0.25, 0.3) is 0 Å². The SMILES string of the molecule is C=C(C=NC(=C)CNC(=O)C(=C\C)/C(C)=C(/N)NC1(C)CC1)CC. The van der Waals surface area contributed by atoms with Crippen LogP contribution < -0.4 is 16.4 Å². The van der Waals surface area contributed by atoms with E-state index < -0.39 is 0 Å². The van der Waals surface area contributed by atoms with Crippen LogP contribution in [0.15, 0.2) is 52.5 Å². The third kappa shape index (κ3) is 6.07. The van der Waals surface area contributed by atoms with E-state index in [1.54, 1.807) is 12.3 Å². The zero-order valence-corrected chi connectivity index (χ0v) is 15.3. The Morgan fingerprint density at radius 3 is 2.50 bits per heavy atom. The van der Waals surface area contributed by atoms with E-state index in [1.807, 2.05) is 20.8 Å². The van der Waals surface area contributed by atoms with Crippen molar-refractivity contribution in [1.29, 1.82) is 0 Å². The average molecular weight is 330 g/mol. The maximum atomic E-state index is 12.4. The molecule has 1 amide bonds.